The van der Waals surface area contributed by atoms with Crippen LogP contribution in [-0.4, -0.2) is 24.2 Å². The van der Waals surface area contributed by atoms with Gasteiger partial charge in [0.1, 0.15) is 0 Å². The van der Waals surface area contributed by atoms with Crippen molar-refractivity contribution >= 4 is 17.6 Å². The van der Waals surface area contributed by atoms with Gasteiger partial charge in [0.15, 0.2) is 0 Å². The molecule has 1 aromatic rings. The summed E-state index contributed by atoms with van der Waals surface area (Å²) in [6.45, 7) is 0.171. The summed E-state index contributed by atoms with van der Waals surface area (Å²) in [5.74, 6) is -0.916. The summed E-state index contributed by atoms with van der Waals surface area (Å²) >= 11 is 5.97. The van der Waals surface area contributed by atoms with Gasteiger partial charge in [-0.2, -0.15) is 0 Å². The molecule has 15 heavy (non-hydrogen) atoms. The van der Waals surface area contributed by atoms with Gasteiger partial charge in [0.2, 0.25) is 0 Å². The van der Waals surface area contributed by atoms with Crippen LogP contribution in [0.3, 0.4) is 0 Å². The van der Waals surface area contributed by atoms with Crippen LogP contribution in [0, 0.1) is 0 Å². The summed E-state index contributed by atoms with van der Waals surface area (Å²) in [5.41, 5.74) is 6.37. The van der Waals surface area contributed by atoms with Crippen molar-refractivity contribution in [1.82, 2.24) is 5.32 Å². The normalized spacial score (nSPS) is 12.4. The van der Waals surface area contributed by atoms with Crippen molar-refractivity contribution in [2.24, 2.45) is 5.73 Å². The summed E-state index contributed by atoms with van der Waals surface area (Å²) in [7, 11) is 0. The molecule has 0 spiro atoms. The molecule has 0 bridgehead atoms. The van der Waals surface area contributed by atoms with E-state index in [1.54, 1.807) is 6.07 Å². The highest BCUT2D eigenvalue weighted by molar-refractivity contribution is 6.31. The fourth-order valence-corrected chi connectivity index (χ4v) is 1.56. The lowest BCUT2D eigenvalue weighted by Crippen LogP contribution is -2.32. The van der Waals surface area contributed by atoms with Gasteiger partial charge in [0.25, 0.3) is 0 Å². The van der Waals surface area contributed by atoms with E-state index >= 15 is 0 Å². The van der Waals surface area contributed by atoms with Gasteiger partial charge in [-0.05, 0) is 11.6 Å². The maximum absolute atomic E-state index is 10.4. The highest BCUT2D eigenvalue weighted by atomic mass is 35.5. The quantitative estimate of drug-likeness (QED) is 0.703. The Bertz CT molecular complexity index is 344. The zero-order chi connectivity index (χ0) is 11.3. The monoisotopic (exact) mass is 228 g/mol. The third-order valence-electron chi connectivity index (χ3n) is 2.02. The Labute approximate surface area is 93.0 Å². The molecule has 1 rings (SSSR count). The van der Waals surface area contributed by atoms with Crippen molar-refractivity contribution in [3.8, 4) is 0 Å². The summed E-state index contributed by atoms with van der Waals surface area (Å²) in [6.07, 6.45) is 0. The molecular weight excluding hydrogens is 216 g/mol. The molecule has 0 aliphatic heterocycles. The number of aliphatic carboxylic acids is 1. The number of nitrogens with two attached hydrogens (primary N) is 1. The summed E-state index contributed by atoms with van der Waals surface area (Å²) < 4.78 is 0. The Kier molecular flexibility index (Phi) is 4.55. The van der Waals surface area contributed by atoms with E-state index in [0.717, 1.165) is 5.56 Å². The lowest BCUT2D eigenvalue weighted by atomic mass is 10.1. The molecule has 1 atom stereocenters. The maximum Gasteiger partial charge on any atom is 0.317 e. The van der Waals surface area contributed by atoms with E-state index < -0.39 is 5.97 Å². The molecule has 82 valence electrons. The number of carboxylic acid groups (broad SMARTS) is 1. The van der Waals surface area contributed by atoms with Crippen molar-refractivity contribution in [2.75, 3.05) is 13.1 Å². The number of hydrogen-bond donors (Lipinski definition) is 3. The van der Waals surface area contributed by atoms with Crippen molar-refractivity contribution in [3.05, 3.63) is 34.9 Å². The molecule has 1 aromatic carbocycles. The van der Waals surface area contributed by atoms with E-state index in [1.165, 1.54) is 0 Å². The maximum atomic E-state index is 10.4. The minimum Gasteiger partial charge on any atom is -0.480 e. The van der Waals surface area contributed by atoms with Crippen molar-refractivity contribution in [1.29, 1.82) is 0 Å². The number of nitrogens with one attached hydrogen (secondary N) is 1. The highest BCUT2D eigenvalue weighted by Crippen LogP contribution is 2.21. The van der Waals surface area contributed by atoms with Gasteiger partial charge in [-0.1, -0.05) is 29.8 Å². The lowest BCUT2D eigenvalue weighted by molar-refractivity contribution is -0.136. The molecule has 0 aromatic heterocycles. The Morgan fingerprint density at radius 3 is 2.73 bits per heavy atom. The molecular formula is C10H13ClN2O2. The van der Waals surface area contributed by atoms with Gasteiger partial charge < -0.3 is 10.8 Å². The zero-order valence-corrected chi connectivity index (χ0v) is 8.87. The van der Waals surface area contributed by atoms with Gasteiger partial charge in [-0.15, -0.1) is 0 Å². The van der Waals surface area contributed by atoms with Gasteiger partial charge in [0, 0.05) is 17.6 Å². The fraction of sp³-hybridized carbons (Fsp3) is 0.300. The molecule has 0 aliphatic rings. The summed E-state index contributed by atoms with van der Waals surface area (Å²) in [6, 6.07) is 7.01. The first-order valence-corrected chi connectivity index (χ1v) is 4.92. The summed E-state index contributed by atoms with van der Waals surface area (Å²) in [4.78, 5) is 10.4. The molecule has 0 heterocycles. The van der Waals surface area contributed by atoms with Crippen LogP contribution in [-0.2, 0) is 4.79 Å². The Hall–Kier alpha value is -1.10. The second-order valence-corrected chi connectivity index (χ2v) is 3.49. The molecule has 0 amide bonds. The average Bonchev–Trinajstić information content (AvgIpc) is 2.21. The molecule has 1 unspecified atom stereocenters. The Balaban J connectivity index is 2.74. The largest absolute Gasteiger partial charge is 0.480 e. The zero-order valence-electron chi connectivity index (χ0n) is 8.11. The summed E-state index contributed by atoms with van der Waals surface area (Å²) in [5, 5.41) is 11.9. The van der Waals surface area contributed by atoms with E-state index in [9.17, 15) is 4.79 Å². The van der Waals surface area contributed by atoms with E-state index in [1.807, 2.05) is 18.2 Å². The second-order valence-electron chi connectivity index (χ2n) is 3.08. The minimum atomic E-state index is -0.916. The number of halogens is 1. The molecule has 0 aliphatic carbocycles. The van der Waals surface area contributed by atoms with Crippen LogP contribution < -0.4 is 11.1 Å². The molecule has 0 saturated heterocycles. The predicted octanol–water partition coefficient (Wildman–Crippen LogP) is 1.01. The minimum absolute atomic E-state index is 0.132. The molecule has 0 radical (unpaired) electrons. The average molecular weight is 229 g/mol. The number of carboxylic acids is 1. The third kappa shape index (κ3) is 3.51. The number of rotatable bonds is 5. The van der Waals surface area contributed by atoms with Gasteiger partial charge >= 0.3 is 5.97 Å². The van der Waals surface area contributed by atoms with Gasteiger partial charge in [-0.3, -0.25) is 10.1 Å². The van der Waals surface area contributed by atoms with E-state index in [2.05, 4.69) is 5.32 Å². The first-order chi connectivity index (χ1) is 7.15. The topological polar surface area (TPSA) is 75.3 Å². The molecule has 0 fully saturated rings. The third-order valence-corrected chi connectivity index (χ3v) is 2.36. The van der Waals surface area contributed by atoms with Crippen molar-refractivity contribution in [2.45, 2.75) is 6.04 Å². The first kappa shape index (κ1) is 12.0. The number of benzene rings is 1. The molecule has 0 saturated carbocycles. The van der Waals surface area contributed by atoms with Crippen LogP contribution in [0.5, 0.6) is 0 Å². The smallest absolute Gasteiger partial charge is 0.317 e. The highest BCUT2D eigenvalue weighted by Gasteiger charge is 2.12. The second kappa shape index (κ2) is 5.70. The van der Waals surface area contributed by atoms with E-state index in [-0.39, 0.29) is 12.6 Å². The van der Waals surface area contributed by atoms with Crippen LogP contribution in [0.2, 0.25) is 5.02 Å². The molecule has 4 N–H and O–H groups in total. The Morgan fingerprint density at radius 2 is 2.20 bits per heavy atom. The van der Waals surface area contributed by atoms with Crippen molar-refractivity contribution < 1.29 is 9.90 Å². The van der Waals surface area contributed by atoms with Crippen LogP contribution in [0.15, 0.2) is 24.3 Å². The SMILES string of the molecule is NCC(NCC(=O)O)c1ccccc1Cl. The standard InChI is InChI=1S/C10H13ClN2O2/c11-8-4-2-1-3-7(8)9(5-12)13-6-10(14)15/h1-4,9,13H,5-6,12H2,(H,14,15). The first-order valence-electron chi connectivity index (χ1n) is 4.55. The lowest BCUT2D eigenvalue weighted by Gasteiger charge is -2.17. The van der Waals surface area contributed by atoms with Crippen LogP contribution >= 0.6 is 11.6 Å². The van der Waals surface area contributed by atoms with Crippen LogP contribution in [0.25, 0.3) is 0 Å². The fourth-order valence-electron chi connectivity index (χ4n) is 1.29. The molecule has 5 heteroatoms. The van der Waals surface area contributed by atoms with Crippen molar-refractivity contribution in [3.63, 3.8) is 0 Å². The number of carbonyl (C=O) groups is 1. The number of hydrogen-bond acceptors (Lipinski definition) is 3. The van der Waals surface area contributed by atoms with Crippen LogP contribution in [0.1, 0.15) is 11.6 Å². The van der Waals surface area contributed by atoms with Gasteiger partial charge in [-0.25, -0.2) is 0 Å². The molecule has 4 nitrogen and oxygen atoms in total. The predicted molar refractivity (Wildman–Crippen MR) is 58.9 cm³/mol. The van der Waals surface area contributed by atoms with Gasteiger partial charge in [0.05, 0.1) is 6.54 Å². The Morgan fingerprint density at radius 1 is 1.53 bits per heavy atom. The van der Waals surface area contributed by atoms with Crippen LogP contribution in [0.4, 0.5) is 0 Å². The van der Waals surface area contributed by atoms with E-state index in [4.69, 9.17) is 22.4 Å². The van der Waals surface area contributed by atoms with E-state index in [0.29, 0.717) is 11.6 Å².